The predicted octanol–water partition coefficient (Wildman–Crippen LogP) is 3.07. The quantitative estimate of drug-likeness (QED) is 0.705. The minimum atomic E-state index is -3.59. The van der Waals surface area contributed by atoms with Crippen LogP contribution in [-0.4, -0.2) is 23.2 Å². The number of hydrogen-bond acceptors (Lipinski definition) is 4. The van der Waals surface area contributed by atoms with Crippen molar-refractivity contribution in [2.45, 2.75) is 17.9 Å². The molecule has 0 radical (unpaired) electrons. The first kappa shape index (κ1) is 16.8. The molecule has 0 aliphatic heterocycles. The smallest absolute Gasteiger partial charge is 0.223 e. The van der Waals surface area contributed by atoms with Crippen LogP contribution in [0.5, 0.6) is 0 Å². The molecule has 0 saturated heterocycles. The summed E-state index contributed by atoms with van der Waals surface area (Å²) >= 11 is 3.29. The van der Waals surface area contributed by atoms with Crippen LogP contribution in [0, 0.1) is 0 Å². The number of rotatable bonds is 5. The fraction of sp³-hybridized carbons (Fsp3) is 0.125. The van der Waals surface area contributed by atoms with Gasteiger partial charge in [-0.3, -0.25) is 0 Å². The zero-order valence-electron chi connectivity index (χ0n) is 12.8. The van der Waals surface area contributed by atoms with E-state index in [4.69, 9.17) is 0 Å². The summed E-state index contributed by atoms with van der Waals surface area (Å²) in [4.78, 5) is 4.13. The van der Waals surface area contributed by atoms with Gasteiger partial charge in [0.15, 0.2) is 0 Å². The minimum absolute atomic E-state index is 0.225. The topological polar surface area (TPSA) is 76.9 Å². The minimum Gasteiger partial charge on any atom is -0.223 e. The van der Waals surface area contributed by atoms with E-state index in [2.05, 4.69) is 30.7 Å². The summed E-state index contributed by atoms with van der Waals surface area (Å²) in [6.45, 7) is 1.81. The Hall–Kier alpha value is -2.03. The zero-order chi connectivity index (χ0) is 17.2. The van der Waals surface area contributed by atoms with Crippen molar-refractivity contribution in [3.8, 4) is 5.69 Å². The first-order chi connectivity index (χ1) is 11.5. The molecule has 0 spiro atoms. The number of nitrogens with zero attached hydrogens (tertiary/aromatic N) is 3. The van der Waals surface area contributed by atoms with Gasteiger partial charge >= 0.3 is 0 Å². The van der Waals surface area contributed by atoms with Crippen molar-refractivity contribution in [1.29, 1.82) is 0 Å². The summed E-state index contributed by atoms with van der Waals surface area (Å²) in [7, 11) is -3.59. The second kappa shape index (κ2) is 6.84. The number of hydrogen-bond donors (Lipinski definition) is 1. The van der Waals surface area contributed by atoms with Crippen LogP contribution in [-0.2, 0) is 10.0 Å². The van der Waals surface area contributed by atoms with E-state index >= 15 is 0 Å². The highest BCUT2D eigenvalue weighted by molar-refractivity contribution is 9.10. The molecule has 0 unspecified atom stereocenters. The van der Waals surface area contributed by atoms with Gasteiger partial charge < -0.3 is 0 Å². The van der Waals surface area contributed by atoms with Crippen molar-refractivity contribution in [1.82, 2.24) is 19.5 Å². The molecule has 24 heavy (non-hydrogen) atoms. The lowest BCUT2D eigenvalue weighted by Gasteiger charge is -2.15. The number of halogens is 1. The van der Waals surface area contributed by atoms with Gasteiger partial charge in [0.25, 0.3) is 0 Å². The maximum absolute atomic E-state index is 12.5. The van der Waals surface area contributed by atoms with Gasteiger partial charge in [0.05, 0.1) is 10.6 Å². The fourth-order valence-electron chi connectivity index (χ4n) is 2.26. The van der Waals surface area contributed by atoms with Gasteiger partial charge in [-0.15, -0.1) is 0 Å². The maximum atomic E-state index is 12.5. The van der Waals surface area contributed by atoms with Gasteiger partial charge in [-0.25, -0.2) is 22.8 Å². The SMILES string of the molecule is C[C@H](NS(=O)(=O)c1cccc(Br)c1)c1ccc(-n2cncn2)cc1. The molecule has 1 heterocycles. The molecule has 0 saturated carbocycles. The summed E-state index contributed by atoms with van der Waals surface area (Å²) in [5.74, 6) is 0. The van der Waals surface area contributed by atoms with Crippen LogP contribution in [0.4, 0.5) is 0 Å². The Morgan fingerprint density at radius 3 is 2.54 bits per heavy atom. The second-order valence-electron chi connectivity index (χ2n) is 5.23. The highest BCUT2D eigenvalue weighted by Crippen LogP contribution is 2.20. The van der Waals surface area contributed by atoms with Crippen LogP contribution >= 0.6 is 15.9 Å². The van der Waals surface area contributed by atoms with Crippen molar-refractivity contribution in [3.05, 3.63) is 71.2 Å². The van der Waals surface area contributed by atoms with Crippen molar-refractivity contribution in [3.63, 3.8) is 0 Å². The Morgan fingerprint density at radius 2 is 1.92 bits per heavy atom. The van der Waals surface area contributed by atoms with Gasteiger partial charge in [-0.2, -0.15) is 5.10 Å². The van der Waals surface area contributed by atoms with E-state index in [1.807, 2.05) is 24.3 Å². The van der Waals surface area contributed by atoms with Crippen LogP contribution in [0.3, 0.4) is 0 Å². The third kappa shape index (κ3) is 3.72. The molecule has 0 amide bonds. The molecular formula is C16H15BrN4O2S. The molecule has 1 N–H and O–H groups in total. The lowest BCUT2D eigenvalue weighted by Crippen LogP contribution is -2.26. The Morgan fingerprint density at radius 1 is 1.17 bits per heavy atom. The molecule has 0 aliphatic rings. The summed E-state index contributed by atoms with van der Waals surface area (Å²) in [6.07, 6.45) is 3.07. The van der Waals surface area contributed by atoms with E-state index in [-0.39, 0.29) is 10.9 Å². The zero-order valence-corrected chi connectivity index (χ0v) is 15.2. The maximum Gasteiger partial charge on any atom is 0.241 e. The van der Waals surface area contributed by atoms with Crippen LogP contribution in [0.15, 0.2) is 70.6 Å². The molecule has 8 heteroatoms. The Kier molecular flexibility index (Phi) is 4.79. The molecule has 1 aromatic heterocycles. The molecule has 0 fully saturated rings. The van der Waals surface area contributed by atoms with E-state index in [0.29, 0.717) is 0 Å². The molecule has 0 aliphatic carbocycles. The number of sulfonamides is 1. The molecule has 0 bridgehead atoms. The van der Waals surface area contributed by atoms with Crippen LogP contribution in [0.1, 0.15) is 18.5 Å². The number of aromatic nitrogens is 3. The average molecular weight is 407 g/mol. The van der Waals surface area contributed by atoms with E-state index < -0.39 is 10.0 Å². The first-order valence-corrected chi connectivity index (χ1v) is 9.46. The first-order valence-electron chi connectivity index (χ1n) is 7.18. The molecular weight excluding hydrogens is 392 g/mol. The highest BCUT2D eigenvalue weighted by Gasteiger charge is 2.18. The second-order valence-corrected chi connectivity index (χ2v) is 7.86. The number of nitrogens with one attached hydrogen (secondary N) is 1. The molecule has 124 valence electrons. The van der Waals surface area contributed by atoms with Crippen molar-refractivity contribution < 1.29 is 8.42 Å². The third-order valence-corrected chi connectivity index (χ3v) is 5.55. The lowest BCUT2D eigenvalue weighted by molar-refractivity contribution is 0.567. The highest BCUT2D eigenvalue weighted by atomic mass is 79.9. The molecule has 3 aromatic rings. The van der Waals surface area contributed by atoms with Crippen LogP contribution in [0.2, 0.25) is 0 Å². The van der Waals surface area contributed by atoms with E-state index in [1.165, 1.54) is 6.33 Å². The third-order valence-electron chi connectivity index (χ3n) is 3.51. The average Bonchev–Trinajstić information content (AvgIpc) is 3.09. The monoisotopic (exact) mass is 406 g/mol. The van der Waals surface area contributed by atoms with Gasteiger partial charge in [0.1, 0.15) is 12.7 Å². The van der Waals surface area contributed by atoms with Crippen LogP contribution in [0.25, 0.3) is 5.69 Å². The van der Waals surface area contributed by atoms with Crippen molar-refractivity contribution in [2.24, 2.45) is 0 Å². The van der Waals surface area contributed by atoms with E-state index in [9.17, 15) is 8.42 Å². The van der Waals surface area contributed by atoms with Crippen molar-refractivity contribution in [2.75, 3.05) is 0 Å². The molecule has 1 atom stereocenters. The van der Waals surface area contributed by atoms with Crippen molar-refractivity contribution >= 4 is 26.0 Å². The van der Waals surface area contributed by atoms with Gasteiger partial charge in [-0.1, -0.05) is 34.1 Å². The predicted molar refractivity (Wildman–Crippen MR) is 94.2 cm³/mol. The van der Waals surface area contributed by atoms with Gasteiger partial charge in [-0.05, 0) is 42.8 Å². The van der Waals surface area contributed by atoms with Gasteiger partial charge in [0, 0.05) is 10.5 Å². The Balaban J connectivity index is 1.78. The van der Waals surface area contributed by atoms with Crippen LogP contribution < -0.4 is 4.72 Å². The largest absolute Gasteiger partial charge is 0.241 e. The molecule has 6 nitrogen and oxygen atoms in total. The molecule has 3 rings (SSSR count). The summed E-state index contributed by atoms with van der Waals surface area (Å²) in [5.41, 5.74) is 1.72. The normalized spacial score (nSPS) is 12.9. The van der Waals surface area contributed by atoms with E-state index in [1.54, 1.807) is 42.2 Å². The lowest BCUT2D eigenvalue weighted by atomic mass is 10.1. The number of benzene rings is 2. The van der Waals surface area contributed by atoms with Gasteiger partial charge in [0.2, 0.25) is 10.0 Å². The summed E-state index contributed by atoms with van der Waals surface area (Å²) < 4.78 is 30.0. The summed E-state index contributed by atoms with van der Waals surface area (Å²) in [5, 5.41) is 4.06. The standard InChI is InChI=1S/C16H15BrN4O2S/c1-12(20-24(22,23)16-4-2-3-14(17)9-16)13-5-7-15(8-6-13)21-11-18-10-19-21/h2-12,20H,1H3/t12-/m0/s1. The van der Waals surface area contributed by atoms with E-state index in [0.717, 1.165) is 15.7 Å². The summed E-state index contributed by atoms with van der Waals surface area (Å²) in [6, 6.07) is 13.7. The molecule has 2 aromatic carbocycles. The Bertz CT molecular complexity index is 925. The fourth-order valence-corrected chi connectivity index (χ4v) is 4.09. The Labute approximate surface area is 148 Å².